The zero-order chi connectivity index (χ0) is 24.2. The molecule has 1 saturated heterocycles. The molecule has 10 nitrogen and oxygen atoms in total. The predicted molar refractivity (Wildman–Crippen MR) is 123 cm³/mol. The van der Waals surface area contributed by atoms with E-state index in [4.69, 9.17) is 10.5 Å². The third-order valence-electron chi connectivity index (χ3n) is 5.36. The summed E-state index contributed by atoms with van der Waals surface area (Å²) in [4.78, 5) is 39.9. The number of amides is 3. The van der Waals surface area contributed by atoms with Crippen molar-refractivity contribution in [2.75, 3.05) is 12.3 Å². The number of aromatic amines is 1. The molecule has 1 aliphatic heterocycles. The van der Waals surface area contributed by atoms with Crippen LogP contribution < -0.4 is 16.4 Å². The fourth-order valence-electron chi connectivity index (χ4n) is 3.75. The molecule has 2 aromatic rings. The van der Waals surface area contributed by atoms with Crippen molar-refractivity contribution in [1.29, 1.82) is 0 Å². The molecule has 0 aliphatic carbocycles. The third-order valence-corrected chi connectivity index (χ3v) is 5.36. The van der Waals surface area contributed by atoms with Crippen LogP contribution in [0.5, 0.6) is 0 Å². The number of hydrogen-bond donors (Lipinski definition) is 4. The molecule has 10 heteroatoms. The lowest BCUT2D eigenvalue weighted by molar-refractivity contribution is -0.131. The molecule has 1 fully saturated rings. The summed E-state index contributed by atoms with van der Waals surface area (Å²) in [6.45, 7) is 7.50. The monoisotopic (exact) mass is 456 g/mol. The molecule has 178 valence electrons. The second-order valence-corrected chi connectivity index (χ2v) is 9.26. The topological polar surface area (TPSA) is 142 Å². The summed E-state index contributed by atoms with van der Waals surface area (Å²) in [5.41, 5.74) is 6.56. The lowest BCUT2D eigenvalue weighted by Gasteiger charge is -2.28. The van der Waals surface area contributed by atoms with Gasteiger partial charge in [-0.15, -0.1) is 0 Å². The summed E-state index contributed by atoms with van der Waals surface area (Å²) in [5.74, 6) is -0.438. The van der Waals surface area contributed by atoms with Gasteiger partial charge in [0.05, 0.1) is 12.2 Å². The van der Waals surface area contributed by atoms with Crippen LogP contribution in [0, 0.1) is 0 Å². The highest BCUT2D eigenvalue weighted by molar-refractivity contribution is 5.91. The zero-order valence-electron chi connectivity index (χ0n) is 19.4. The number of ether oxygens (including phenoxy) is 1. The van der Waals surface area contributed by atoms with Gasteiger partial charge < -0.3 is 21.1 Å². The Kier molecular flexibility index (Phi) is 7.25. The van der Waals surface area contributed by atoms with E-state index in [0.717, 1.165) is 5.56 Å². The maximum absolute atomic E-state index is 13.1. The van der Waals surface area contributed by atoms with Crippen molar-refractivity contribution in [3.8, 4) is 0 Å². The van der Waals surface area contributed by atoms with Gasteiger partial charge in [-0.1, -0.05) is 30.3 Å². The lowest BCUT2D eigenvalue weighted by Crippen LogP contribution is -2.52. The number of H-pyrrole nitrogens is 1. The summed E-state index contributed by atoms with van der Waals surface area (Å²) < 4.78 is 5.54. The smallest absolute Gasteiger partial charge is 0.410 e. The first-order valence-corrected chi connectivity index (χ1v) is 11.0. The molecule has 0 saturated carbocycles. The van der Waals surface area contributed by atoms with Gasteiger partial charge in [-0.05, 0) is 39.7 Å². The maximum atomic E-state index is 13.1. The molecule has 0 unspecified atom stereocenters. The van der Waals surface area contributed by atoms with Crippen LogP contribution in [0.15, 0.2) is 36.4 Å². The molecule has 0 spiro atoms. The van der Waals surface area contributed by atoms with Crippen molar-refractivity contribution < 1.29 is 19.1 Å². The molecule has 0 radical (unpaired) electrons. The SMILES string of the molecule is C[C@H](NC(=O)[C@H]1C[C@H](c2ccccc2)CN1C(=O)OC(C)(C)C)C(=O)NCc1cc(N)n[nH]1. The quantitative estimate of drug-likeness (QED) is 0.523. The standard InChI is InChI=1S/C23H32N6O4/c1-14(20(30)25-12-17-11-19(24)28-27-17)26-21(31)18-10-16(15-8-6-5-7-9-15)13-29(18)22(32)33-23(2,3)4/h5-9,11,14,16,18H,10,12-13H2,1-4H3,(H,25,30)(H,26,31)(H3,24,27,28)/t14-,16-,18+/m0/s1. The predicted octanol–water partition coefficient (Wildman–Crippen LogP) is 1.91. The van der Waals surface area contributed by atoms with Crippen molar-refractivity contribution in [3.63, 3.8) is 0 Å². The Morgan fingerprint density at radius 2 is 1.97 bits per heavy atom. The number of anilines is 1. The van der Waals surface area contributed by atoms with Crippen molar-refractivity contribution in [3.05, 3.63) is 47.7 Å². The number of carbonyl (C=O) groups excluding carboxylic acids is 3. The van der Waals surface area contributed by atoms with Gasteiger partial charge in [-0.25, -0.2) is 4.79 Å². The Hall–Kier alpha value is -3.56. The summed E-state index contributed by atoms with van der Waals surface area (Å²) in [6.07, 6.45) is -0.105. The number of benzene rings is 1. The minimum atomic E-state index is -0.797. The number of likely N-dealkylation sites (tertiary alicyclic amines) is 1. The second kappa shape index (κ2) is 9.93. The van der Waals surface area contributed by atoms with E-state index in [0.29, 0.717) is 24.5 Å². The molecule has 3 amide bonds. The fourth-order valence-corrected chi connectivity index (χ4v) is 3.75. The molecule has 3 rings (SSSR count). The number of hydrogen-bond acceptors (Lipinski definition) is 6. The normalized spacial score (nSPS) is 19.1. The maximum Gasteiger partial charge on any atom is 0.410 e. The average Bonchev–Trinajstić information content (AvgIpc) is 3.38. The first-order chi connectivity index (χ1) is 15.5. The zero-order valence-corrected chi connectivity index (χ0v) is 19.4. The van der Waals surface area contributed by atoms with Crippen LogP contribution in [0.1, 0.15) is 51.3 Å². The van der Waals surface area contributed by atoms with E-state index in [-0.39, 0.29) is 18.4 Å². The highest BCUT2D eigenvalue weighted by Gasteiger charge is 2.42. The summed E-state index contributed by atoms with van der Waals surface area (Å²) in [7, 11) is 0. The van der Waals surface area contributed by atoms with E-state index < -0.39 is 29.7 Å². The summed E-state index contributed by atoms with van der Waals surface area (Å²) in [5, 5.41) is 12.0. The Labute approximate surface area is 193 Å². The highest BCUT2D eigenvalue weighted by atomic mass is 16.6. The molecule has 1 aliphatic rings. The van der Waals surface area contributed by atoms with E-state index in [1.807, 2.05) is 30.3 Å². The molecule has 33 heavy (non-hydrogen) atoms. The molecule has 1 aromatic carbocycles. The second-order valence-electron chi connectivity index (χ2n) is 9.26. The summed E-state index contributed by atoms with van der Waals surface area (Å²) >= 11 is 0. The minimum Gasteiger partial charge on any atom is -0.444 e. The van der Waals surface area contributed by atoms with Crippen LogP contribution in [-0.4, -0.2) is 57.2 Å². The average molecular weight is 457 g/mol. The van der Waals surface area contributed by atoms with Gasteiger partial charge in [0.1, 0.15) is 23.5 Å². The van der Waals surface area contributed by atoms with Crippen LogP contribution in [0.4, 0.5) is 10.6 Å². The van der Waals surface area contributed by atoms with E-state index in [2.05, 4.69) is 20.8 Å². The van der Waals surface area contributed by atoms with Crippen molar-refractivity contribution in [1.82, 2.24) is 25.7 Å². The van der Waals surface area contributed by atoms with E-state index in [1.165, 1.54) is 4.90 Å². The van der Waals surface area contributed by atoms with Gasteiger partial charge in [0.25, 0.3) is 0 Å². The first-order valence-electron chi connectivity index (χ1n) is 11.0. The lowest BCUT2D eigenvalue weighted by atomic mass is 9.96. The van der Waals surface area contributed by atoms with Crippen molar-refractivity contribution in [2.24, 2.45) is 0 Å². The minimum absolute atomic E-state index is 0.00978. The van der Waals surface area contributed by atoms with E-state index >= 15 is 0 Å². The molecule has 3 atom stereocenters. The van der Waals surface area contributed by atoms with Gasteiger partial charge in [0, 0.05) is 18.5 Å². The molecular formula is C23H32N6O4. The molecule has 5 N–H and O–H groups in total. The van der Waals surface area contributed by atoms with Crippen LogP contribution in [0.25, 0.3) is 0 Å². The Bertz CT molecular complexity index is 984. The van der Waals surface area contributed by atoms with Gasteiger partial charge in [0.15, 0.2) is 0 Å². The Balaban J connectivity index is 1.66. The van der Waals surface area contributed by atoms with Crippen LogP contribution in [0.2, 0.25) is 0 Å². The van der Waals surface area contributed by atoms with Crippen molar-refractivity contribution in [2.45, 2.75) is 64.3 Å². The molecule has 0 bridgehead atoms. The number of nitrogen functional groups attached to an aromatic ring is 1. The molecule has 2 heterocycles. The van der Waals surface area contributed by atoms with Gasteiger partial charge in [0.2, 0.25) is 11.8 Å². The fraction of sp³-hybridized carbons (Fsp3) is 0.478. The number of nitrogens with one attached hydrogen (secondary N) is 3. The largest absolute Gasteiger partial charge is 0.444 e. The first kappa shape index (κ1) is 24.1. The van der Waals surface area contributed by atoms with Crippen LogP contribution in [-0.2, 0) is 20.9 Å². The van der Waals surface area contributed by atoms with Gasteiger partial charge in [-0.2, -0.15) is 5.10 Å². The van der Waals surface area contributed by atoms with Crippen molar-refractivity contribution >= 4 is 23.7 Å². The Morgan fingerprint density at radius 1 is 1.27 bits per heavy atom. The number of carbonyl (C=O) groups is 3. The van der Waals surface area contributed by atoms with E-state index in [9.17, 15) is 14.4 Å². The number of rotatable bonds is 6. The number of nitrogens with zero attached hydrogens (tertiary/aromatic N) is 2. The highest BCUT2D eigenvalue weighted by Crippen LogP contribution is 2.33. The third kappa shape index (κ3) is 6.47. The van der Waals surface area contributed by atoms with E-state index in [1.54, 1.807) is 33.8 Å². The van der Waals surface area contributed by atoms with Crippen LogP contribution >= 0.6 is 0 Å². The molecular weight excluding hydrogens is 424 g/mol. The van der Waals surface area contributed by atoms with Crippen LogP contribution in [0.3, 0.4) is 0 Å². The number of nitrogens with two attached hydrogens (primary N) is 1. The van der Waals surface area contributed by atoms with Gasteiger partial charge in [-0.3, -0.25) is 19.6 Å². The molecule has 1 aromatic heterocycles. The Morgan fingerprint density at radius 3 is 2.58 bits per heavy atom. The number of aromatic nitrogens is 2. The van der Waals surface area contributed by atoms with Gasteiger partial charge >= 0.3 is 6.09 Å². The summed E-state index contributed by atoms with van der Waals surface area (Å²) in [6, 6.07) is 9.83.